The third-order valence-corrected chi connectivity index (χ3v) is 5.24. The maximum atomic E-state index is 13.0. The standard InChI is InChI=1S/C22H22N4O3/c1-28-21-9-15(11-23)4-7-20(21)29-13-16-3-2-8-26(12-16)22(27)17-5-6-18-19(10-17)25-14-24-18/h4-7,9-10,14,16H,2-3,8,12-13H2,1H3,(H,24,25). The van der Waals surface area contributed by atoms with Gasteiger partial charge < -0.3 is 19.4 Å². The summed E-state index contributed by atoms with van der Waals surface area (Å²) < 4.78 is 11.3. The van der Waals surface area contributed by atoms with Gasteiger partial charge in [0.2, 0.25) is 0 Å². The molecule has 1 aliphatic rings. The van der Waals surface area contributed by atoms with Gasteiger partial charge in [-0.3, -0.25) is 4.79 Å². The number of carbonyl (C=O) groups excluding carboxylic acids is 1. The molecule has 7 heteroatoms. The number of hydrogen-bond donors (Lipinski definition) is 1. The molecule has 1 unspecified atom stereocenters. The number of methoxy groups -OCH3 is 1. The number of benzene rings is 2. The summed E-state index contributed by atoms with van der Waals surface area (Å²) in [5, 5.41) is 9.01. The minimum atomic E-state index is 0.0298. The van der Waals surface area contributed by atoms with E-state index in [1.165, 1.54) is 0 Å². The van der Waals surface area contributed by atoms with Gasteiger partial charge in [-0.1, -0.05) is 0 Å². The molecule has 0 aliphatic carbocycles. The zero-order chi connectivity index (χ0) is 20.2. The van der Waals surface area contributed by atoms with E-state index in [1.54, 1.807) is 31.6 Å². The summed E-state index contributed by atoms with van der Waals surface area (Å²) in [6, 6.07) is 12.8. The van der Waals surface area contributed by atoms with E-state index >= 15 is 0 Å². The number of imidazole rings is 1. The number of fused-ring (bicyclic) bond motifs is 1. The summed E-state index contributed by atoms with van der Waals surface area (Å²) in [7, 11) is 1.56. The highest BCUT2D eigenvalue weighted by Gasteiger charge is 2.25. The van der Waals surface area contributed by atoms with Crippen LogP contribution in [0.25, 0.3) is 11.0 Å². The molecule has 7 nitrogen and oxygen atoms in total. The largest absolute Gasteiger partial charge is 0.493 e. The topological polar surface area (TPSA) is 91.2 Å². The summed E-state index contributed by atoms with van der Waals surface area (Å²) in [5.74, 6) is 1.42. The van der Waals surface area contributed by atoms with Crippen molar-refractivity contribution in [2.75, 3.05) is 26.8 Å². The number of carbonyl (C=O) groups is 1. The molecule has 2 heterocycles. The molecule has 0 bridgehead atoms. The molecule has 29 heavy (non-hydrogen) atoms. The first-order chi connectivity index (χ1) is 14.2. The maximum absolute atomic E-state index is 13.0. The molecule has 2 aromatic carbocycles. The van der Waals surface area contributed by atoms with Gasteiger partial charge in [-0.05, 0) is 43.2 Å². The molecule has 1 N–H and O–H groups in total. The molecular formula is C22H22N4O3. The number of nitriles is 1. The zero-order valence-corrected chi connectivity index (χ0v) is 16.2. The Morgan fingerprint density at radius 2 is 2.21 bits per heavy atom. The van der Waals surface area contributed by atoms with Crippen molar-refractivity contribution in [3.05, 3.63) is 53.9 Å². The van der Waals surface area contributed by atoms with Gasteiger partial charge in [-0.2, -0.15) is 5.26 Å². The summed E-state index contributed by atoms with van der Waals surface area (Å²) in [5.41, 5.74) is 2.90. The Morgan fingerprint density at radius 1 is 1.31 bits per heavy atom. The van der Waals surface area contributed by atoms with Crippen LogP contribution >= 0.6 is 0 Å². The number of ether oxygens (including phenoxy) is 2. The maximum Gasteiger partial charge on any atom is 0.253 e. The van der Waals surface area contributed by atoms with Crippen LogP contribution in [-0.2, 0) is 0 Å². The van der Waals surface area contributed by atoms with Crippen molar-refractivity contribution in [1.82, 2.24) is 14.9 Å². The van der Waals surface area contributed by atoms with Gasteiger partial charge >= 0.3 is 0 Å². The molecule has 1 saturated heterocycles. The van der Waals surface area contributed by atoms with E-state index in [1.807, 2.05) is 23.1 Å². The molecule has 1 fully saturated rings. The summed E-state index contributed by atoms with van der Waals surface area (Å²) >= 11 is 0. The summed E-state index contributed by atoms with van der Waals surface area (Å²) in [6.45, 7) is 1.89. The van der Waals surface area contributed by atoms with Crippen LogP contribution in [0.5, 0.6) is 11.5 Å². The average Bonchev–Trinajstić information content (AvgIpc) is 3.25. The summed E-state index contributed by atoms with van der Waals surface area (Å²) in [6.07, 6.45) is 3.57. The Balaban J connectivity index is 1.40. The highest BCUT2D eigenvalue weighted by Crippen LogP contribution is 2.29. The number of hydrogen-bond acceptors (Lipinski definition) is 5. The fourth-order valence-corrected chi connectivity index (χ4v) is 3.70. The van der Waals surface area contributed by atoms with Crippen LogP contribution < -0.4 is 9.47 Å². The molecule has 1 atom stereocenters. The molecule has 0 spiro atoms. The second kappa shape index (κ2) is 8.23. The second-order valence-corrected chi connectivity index (χ2v) is 7.18. The first kappa shape index (κ1) is 18.8. The van der Waals surface area contributed by atoms with Crippen molar-refractivity contribution in [2.24, 2.45) is 5.92 Å². The van der Waals surface area contributed by atoms with Crippen LogP contribution in [0, 0.1) is 17.2 Å². The van der Waals surface area contributed by atoms with Crippen molar-refractivity contribution < 1.29 is 14.3 Å². The number of likely N-dealkylation sites (tertiary alicyclic amines) is 1. The molecule has 1 aliphatic heterocycles. The number of amides is 1. The highest BCUT2D eigenvalue weighted by molar-refractivity contribution is 5.97. The zero-order valence-electron chi connectivity index (χ0n) is 16.2. The molecular weight excluding hydrogens is 368 g/mol. The van der Waals surface area contributed by atoms with Crippen LogP contribution in [0.3, 0.4) is 0 Å². The van der Waals surface area contributed by atoms with Crippen molar-refractivity contribution in [2.45, 2.75) is 12.8 Å². The van der Waals surface area contributed by atoms with Gasteiger partial charge in [0.25, 0.3) is 5.91 Å². The Labute approximate surface area is 168 Å². The molecule has 0 radical (unpaired) electrons. The van der Waals surface area contributed by atoms with Crippen LogP contribution in [0.1, 0.15) is 28.8 Å². The highest BCUT2D eigenvalue weighted by atomic mass is 16.5. The molecule has 0 saturated carbocycles. The van der Waals surface area contributed by atoms with Crippen LogP contribution in [0.15, 0.2) is 42.7 Å². The monoisotopic (exact) mass is 390 g/mol. The predicted octanol–water partition coefficient (Wildman–Crippen LogP) is 3.37. The predicted molar refractivity (Wildman–Crippen MR) is 108 cm³/mol. The van der Waals surface area contributed by atoms with E-state index in [-0.39, 0.29) is 11.8 Å². The molecule has 1 aromatic heterocycles. The van der Waals surface area contributed by atoms with Crippen LogP contribution in [-0.4, -0.2) is 47.6 Å². The van der Waals surface area contributed by atoms with Gasteiger partial charge in [0.1, 0.15) is 0 Å². The molecule has 1 amide bonds. The Hall–Kier alpha value is -3.53. The number of nitrogens with one attached hydrogen (secondary N) is 1. The van der Waals surface area contributed by atoms with Gasteiger partial charge in [0, 0.05) is 30.6 Å². The number of H-pyrrole nitrogens is 1. The third kappa shape index (κ3) is 4.02. The minimum absolute atomic E-state index is 0.0298. The second-order valence-electron chi connectivity index (χ2n) is 7.18. The molecule has 4 rings (SSSR count). The lowest BCUT2D eigenvalue weighted by molar-refractivity contribution is 0.0632. The molecule has 148 valence electrons. The third-order valence-electron chi connectivity index (χ3n) is 5.24. The fourth-order valence-electron chi connectivity index (χ4n) is 3.70. The number of rotatable bonds is 5. The molecule has 3 aromatic rings. The van der Waals surface area contributed by atoms with Crippen molar-refractivity contribution in [1.29, 1.82) is 5.26 Å². The minimum Gasteiger partial charge on any atom is -0.493 e. The Bertz CT molecular complexity index is 1070. The van der Waals surface area contributed by atoms with Crippen LogP contribution in [0.4, 0.5) is 0 Å². The Kier molecular flexibility index (Phi) is 5.34. The van der Waals surface area contributed by atoms with E-state index in [0.29, 0.717) is 35.8 Å². The first-order valence-electron chi connectivity index (χ1n) is 9.61. The van der Waals surface area contributed by atoms with Crippen molar-refractivity contribution >= 4 is 16.9 Å². The van der Waals surface area contributed by atoms with E-state index in [4.69, 9.17) is 14.7 Å². The number of aromatic amines is 1. The fraction of sp³-hybridized carbons (Fsp3) is 0.318. The number of aromatic nitrogens is 2. The van der Waals surface area contributed by atoms with E-state index in [9.17, 15) is 4.79 Å². The lowest BCUT2D eigenvalue weighted by atomic mass is 9.98. The number of nitrogens with zero attached hydrogens (tertiary/aromatic N) is 3. The van der Waals surface area contributed by atoms with Crippen molar-refractivity contribution in [3.63, 3.8) is 0 Å². The normalized spacial score (nSPS) is 16.4. The lowest BCUT2D eigenvalue weighted by Crippen LogP contribution is -2.41. The first-order valence-corrected chi connectivity index (χ1v) is 9.61. The van der Waals surface area contributed by atoms with Gasteiger partial charge in [0.05, 0.1) is 42.7 Å². The van der Waals surface area contributed by atoms with Crippen molar-refractivity contribution in [3.8, 4) is 17.6 Å². The lowest BCUT2D eigenvalue weighted by Gasteiger charge is -2.32. The van der Waals surface area contributed by atoms with Gasteiger partial charge in [-0.25, -0.2) is 4.98 Å². The average molecular weight is 390 g/mol. The smallest absolute Gasteiger partial charge is 0.253 e. The SMILES string of the molecule is COc1cc(C#N)ccc1OCC1CCCN(C(=O)c2ccc3nc[nH]c3c2)C1. The Morgan fingerprint density at radius 3 is 3.03 bits per heavy atom. The number of piperidine rings is 1. The van der Waals surface area contributed by atoms with E-state index in [2.05, 4.69) is 16.0 Å². The quantitative estimate of drug-likeness (QED) is 0.721. The van der Waals surface area contributed by atoms with E-state index < -0.39 is 0 Å². The van der Waals surface area contributed by atoms with Crippen LogP contribution in [0.2, 0.25) is 0 Å². The van der Waals surface area contributed by atoms with Gasteiger partial charge in [-0.15, -0.1) is 0 Å². The van der Waals surface area contributed by atoms with Gasteiger partial charge in [0.15, 0.2) is 11.5 Å². The van der Waals surface area contributed by atoms with E-state index in [0.717, 1.165) is 30.4 Å². The summed E-state index contributed by atoms with van der Waals surface area (Å²) in [4.78, 5) is 22.1.